The average Bonchev–Trinajstić information content (AvgIpc) is 3.33. The quantitative estimate of drug-likeness (QED) is 0.845. The Morgan fingerprint density at radius 3 is 2.43 bits per heavy atom. The van der Waals surface area contributed by atoms with Crippen molar-refractivity contribution in [3.05, 3.63) is 62.9 Å². The van der Waals surface area contributed by atoms with Gasteiger partial charge in [0.1, 0.15) is 0 Å². The van der Waals surface area contributed by atoms with Gasteiger partial charge in [-0.25, -0.2) is 4.79 Å². The van der Waals surface area contributed by atoms with E-state index in [2.05, 4.69) is 0 Å². The molecule has 1 saturated carbocycles. The van der Waals surface area contributed by atoms with Gasteiger partial charge in [0.25, 0.3) is 5.91 Å². The zero-order valence-electron chi connectivity index (χ0n) is 11.5. The van der Waals surface area contributed by atoms with Gasteiger partial charge >= 0.3 is 11.2 Å². The Bertz CT molecular complexity index is 801. The second-order valence-corrected chi connectivity index (χ2v) is 4.93. The Morgan fingerprint density at radius 2 is 1.86 bits per heavy atom. The number of ether oxygens (including phenoxy) is 1. The first kappa shape index (κ1) is 13.4. The second kappa shape index (κ2) is 5.05. The van der Waals surface area contributed by atoms with Crippen LogP contribution in [-0.4, -0.2) is 22.2 Å². The SMILES string of the molecule is COc1cn(C2CC2)c(=O)n(C(=O)c2ccccc2)c1=O. The minimum Gasteiger partial charge on any atom is -0.490 e. The molecule has 0 aliphatic heterocycles. The number of carbonyl (C=O) groups is 1. The monoisotopic (exact) mass is 286 g/mol. The molecule has 2 aromatic rings. The summed E-state index contributed by atoms with van der Waals surface area (Å²) < 4.78 is 7.05. The van der Waals surface area contributed by atoms with E-state index < -0.39 is 17.2 Å². The molecular formula is C15H14N2O4. The largest absolute Gasteiger partial charge is 0.490 e. The van der Waals surface area contributed by atoms with Gasteiger partial charge in [0.05, 0.1) is 13.3 Å². The van der Waals surface area contributed by atoms with Crippen molar-refractivity contribution < 1.29 is 9.53 Å². The number of rotatable bonds is 3. The zero-order chi connectivity index (χ0) is 15.0. The van der Waals surface area contributed by atoms with Gasteiger partial charge in [-0.2, -0.15) is 4.57 Å². The molecule has 3 rings (SSSR count). The Morgan fingerprint density at radius 1 is 1.19 bits per heavy atom. The van der Waals surface area contributed by atoms with Crippen molar-refractivity contribution in [2.75, 3.05) is 7.11 Å². The summed E-state index contributed by atoms with van der Waals surface area (Å²) in [5.41, 5.74) is -1.06. The van der Waals surface area contributed by atoms with Crippen molar-refractivity contribution in [2.24, 2.45) is 0 Å². The third-order valence-electron chi connectivity index (χ3n) is 3.47. The van der Waals surface area contributed by atoms with Crippen molar-refractivity contribution in [2.45, 2.75) is 18.9 Å². The molecule has 1 fully saturated rings. The lowest BCUT2D eigenvalue weighted by Crippen LogP contribution is -2.43. The fourth-order valence-corrected chi connectivity index (χ4v) is 2.19. The standard InChI is InChI=1S/C15H14N2O4/c1-21-12-9-16(11-7-8-11)15(20)17(14(12)19)13(18)10-5-3-2-4-6-10/h2-6,9,11H,7-8H2,1H3. The molecule has 108 valence electrons. The number of aromatic nitrogens is 2. The van der Waals surface area contributed by atoms with Crippen molar-refractivity contribution in [3.8, 4) is 5.75 Å². The minimum atomic E-state index is -0.728. The summed E-state index contributed by atoms with van der Waals surface area (Å²) in [4.78, 5) is 37.1. The van der Waals surface area contributed by atoms with Crippen LogP contribution >= 0.6 is 0 Å². The van der Waals surface area contributed by atoms with E-state index in [1.165, 1.54) is 17.9 Å². The Labute approximate surface area is 120 Å². The van der Waals surface area contributed by atoms with Crippen LogP contribution in [-0.2, 0) is 0 Å². The van der Waals surface area contributed by atoms with Crippen LogP contribution in [0.2, 0.25) is 0 Å². The van der Waals surface area contributed by atoms with Gasteiger partial charge in [-0.3, -0.25) is 14.2 Å². The van der Waals surface area contributed by atoms with Crippen LogP contribution in [0.15, 0.2) is 46.1 Å². The number of hydrogen-bond donors (Lipinski definition) is 0. The molecule has 0 spiro atoms. The van der Waals surface area contributed by atoms with Gasteiger partial charge in [-0.05, 0) is 25.0 Å². The van der Waals surface area contributed by atoms with Crippen molar-refractivity contribution in [1.29, 1.82) is 0 Å². The average molecular weight is 286 g/mol. The van der Waals surface area contributed by atoms with E-state index in [1.807, 2.05) is 0 Å². The third-order valence-corrected chi connectivity index (χ3v) is 3.47. The van der Waals surface area contributed by atoms with E-state index in [0.717, 1.165) is 12.8 Å². The number of nitrogens with zero attached hydrogens (tertiary/aromatic N) is 2. The molecule has 6 heteroatoms. The molecule has 1 aromatic heterocycles. The lowest BCUT2D eigenvalue weighted by atomic mass is 10.2. The molecular weight excluding hydrogens is 272 g/mol. The highest BCUT2D eigenvalue weighted by atomic mass is 16.5. The highest BCUT2D eigenvalue weighted by Crippen LogP contribution is 2.33. The number of hydrogen-bond acceptors (Lipinski definition) is 4. The van der Waals surface area contributed by atoms with E-state index >= 15 is 0 Å². The summed E-state index contributed by atoms with van der Waals surface area (Å²) in [7, 11) is 1.34. The molecule has 0 amide bonds. The highest BCUT2D eigenvalue weighted by Gasteiger charge is 2.28. The Kier molecular flexibility index (Phi) is 3.21. The molecule has 0 atom stereocenters. The predicted octanol–water partition coefficient (Wildman–Crippen LogP) is 1.04. The van der Waals surface area contributed by atoms with E-state index in [0.29, 0.717) is 4.57 Å². The molecule has 1 aliphatic carbocycles. The Balaban J connectivity index is 2.22. The van der Waals surface area contributed by atoms with Crippen LogP contribution in [0.1, 0.15) is 29.2 Å². The summed E-state index contributed by atoms with van der Waals surface area (Å²) in [6, 6.07) is 8.29. The van der Waals surface area contributed by atoms with E-state index in [1.54, 1.807) is 30.3 Å². The summed E-state index contributed by atoms with van der Waals surface area (Å²) in [6.07, 6.45) is 3.11. The molecule has 21 heavy (non-hydrogen) atoms. The van der Waals surface area contributed by atoms with Crippen LogP contribution in [0.4, 0.5) is 0 Å². The van der Waals surface area contributed by atoms with Gasteiger partial charge in [0.15, 0.2) is 0 Å². The number of benzene rings is 1. The summed E-state index contributed by atoms with van der Waals surface area (Å²) >= 11 is 0. The first-order chi connectivity index (χ1) is 10.1. The van der Waals surface area contributed by atoms with E-state index in [-0.39, 0.29) is 17.4 Å². The van der Waals surface area contributed by atoms with Gasteiger partial charge in [0, 0.05) is 11.6 Å². The normalized spacial score (nSPS) is 14.0. The van der Waals surface area contributed by atoms with Crippen molar-refractivity contribution >= 4 is 5.91 Å². The zero-order valence-corrected chi connectivity index (χ0v) is 11.5. The summed E-state index contributed by atoms with van der Waals surface area (Å²) in [5, 5.41) is 0. The van der Waals surface area contributed by atoms with E-state index in [4.69, 9.17) is 4.74 Å². The molecule has 6 nitrogen and oxygen atoms in total. The lowest BCUT2D eigenvalue weighted by Gasteiger charge is -2.10. The van der Waals surface area contributed by atoms with Crippen LogP contribution in [0.25, 0.3) is 0 Å². The molecule has 1 heterocycles. The van der Waals surface area contributed by atoms with Crippen LogP contribution in [0.3, 0.4) is 0 Å². The van der Waals surface area contributed by atoms with Gasteiger partial charge in [-0.1, -0.05) is 18.2 Å². The van der Waals surface area contributed by atoms with E-state index in [9.17, 15) is 14.4 Å². The summed E-state index contributed by atoms with van der Waals surface area (Å²) in [5.74, 6) is -0.648. The van der Waals surface area contributed by atoms with Crippen molar-refractivity contribution in [1.82, 2.24) is 9.13 Å². The maximum Gasteiger partial charge on any atom is 0.338 e. The molecule has 0 unspecified atom stereocenters. The minimum absolute atomic E-state index is 0.00854. The topological polar surface area (TPSA) is 70.3 Å². The first-order valence-corrected chi connectivity index (χ1v) is 6.65. The third kappa shape index (κ3) is 2.29. The smallest absolute Gasteiger partial charge is 0.338 e. The second-order valence-electron chi connectivity index (χ2n) is 4.93. The highest BCUT2D eigenvalue weighted by molar-refractivity contribution is 5.95. The summed E-state index contributed by atoms with van der Waals surface area (Å²) in [6.45, 7) is 0. The molecule has 0 bridgehead atoms. The van der Waals surface area contributed by atoms with Crippen LogP contribution in [0, 0.1) is 0 Å². The van der Waals surface area contributed by atoms with Gasteiger partial charge in [0.2, 0.25) is 5.75 Å². The molecule has 1 aliphatic rings. The Hall–Kier alpha value is -2.63. The molecule has 1 aromatic carbocycles. The number of methoxy groups -OCH3 is 1. The predicted molar refractivity (Wildman–Crippen MR) is 76.0 cm³/mol. The number of carbonyl (C=O) groups excluding carboxylic acids is 1. The fraction of sp³-hybridized carbons (Fsp3) is 0.267. The van der Waals surface area contributed by atoms with Gasteiger partial charge in [-0.15, -0.1) is 0 Å². The first-order valence-electron chi connectivity index (χ1n) is 6.65. The molecule has 0 radical (unpaired) electrons. The van der Waals surface area contributed by atoms with Crippen molar-refractivity contribution in [3.63, 3.8) is 0 Å². The lowest BCUT2D eigenvalue weighted by molar-refractivity contribution is 0.0946. The maximum absolute atomic E-state index is 12.4. The van der Waals surface area contributed by atoms with Crippen LogP contribution in [0.5, 0.6) is 5.75 Å². The van der Waals surface area contributed by atoms with Crippen LogP contribution < -0.4 is 16.0 Å². The molecule has 0 N–H and O–H groups in total. The molecule has 0 saturated heterocycles. The maximum atomic E-state index is 12.4. The van der Waals surface area contributed by atoms with Gasteiger partial charge < -0.3 is 4.74 Å². The fourth-order valence-electron chi connectivity index (χ4n) is 2.19.